The van der Waals surface area contributed by atoms with Gasteiger partial charge in [-0.25, -0.2) is 0 Å². The van der Waals surface area contributed by atoms with Crippen molar-refractivity contribution in [1.82, 2.24) is 24.5 Å². The molecule has 1 atom stereocenters. The number of hydrogen-bond donors (Lipinski definition) is 1. The monoisotopic (exact) mass is 393 g/mol. The van der Waals surface area contributed by atoms with Crippen molar-refractivity contribution in [2.24, 2.45) is 7.05 Å². The number of benzene rings is 2. The lowest BCUT2D eigenvalue weighted by Crippen LogP contribution is -2.28. The summed E-state index contributed by atoms with van der Waals surface area (Å²) in [5, 5.41) is 12.5. The van der Waals surface area contributed by atoms with E-state index in [9.17, 15) is 9.59 Å². The molecule has 8 heteroatoms. The van der Waals surface area contributed by atoms with Gasteiger partial charge < -0.3 is 5.32 Å². The number of fused-ring (bicyclic) bond motifs is 3. The molecule has 142 valence electrons. The molecule has 0 radical (unpaired) electrons. The van der Waals surface area contributed by atoms with Crippen molar-refractivity contribution in [3.8, 4) is 0 Å². The number of amides is 1. The summed E-state index contributed by atoms with van der Waals surface area (Å²) in [6.45, 7) is 1.95. The van der Waals surface area contributed by atoms with Gasteiger partial charge in [0, 0.05) is 7.05 Å². The van der Waals surface area contributed by atoms with Gasteiger partial charge in [0.15, 0.2) is 5.16 Å². The number of hydrogen-bond acceptors (Lipinski definition) is 5. The average Bonchev–Trinajstić information content (AvgIpc) is 3.15. The van der Waals surface area contributed by atoms with Crippen LogP contribution in [-0.2, 0) is 11.8 Å². The van der Waals surface area contributed by atoms with E-state index in [0.29, 0.717) is 16.3 Å². The van der Waals surface area contributed by atoms with Crippen LogP contribution in [0, 0.1) is 0 Å². The van der Waals surface area contributed by atoms with Crippen molar-refractivity contribution in [2.45, 2.75) is 18.1 Å². The van der Waals surface area contributed by atoms with E-state index >= 15 is 0 Å². The molecule has 7 nitrogen and oxygen atoms in total. The summed E-state index contributed by atoms with van der Waals surface area (Å²) in [4.78, 5) is 24.9. The van der Waals surface area contributed by atoms with Gasteiger partial charge in [-0.2, -0.15) is 0 Å². The van der Waals surface area contributed by atoms with E-state index in [4.69, 9.17) is 0 Å². The van der Waals surface area contributed by atoms with Gasteiger partial charge in [-0.15, -0.1) is 10.2 Å². The van der Waals surface area contributed by atoms with Crippen LogP contribution in [0.15, 0.2) is 64.5 Å². The Morgan fingerprint density at radius 3 is 2.61 bits per heavy atom. The molecule has 0 bridgehead atoms. The van der Waals surface area contributed by atoms with Crippen LogP contribution in [0.3, 0.4) is 0 Å². The predicted molar refractivity (Wildman–Crippen MR) is 109 cm³/mol. The number of para-hydroxylation sites is 1. The van der Waals surface area contributed by atoms with E-state index in [2.05, 4.69) is 15.5 Å². The smallest absolute Gasteiger partial charge is 0.262 e. The minimum absolute atomic E-state index is 0.0777. The van der Waals surface area contributed by atoms with E-state index in [1.54, 1.807) is 13.1 Å². The molecule has 0 aliphatic carbocycles. The zero-order chi connectivity index (χ0) is 19.7. The third-order valence-electron chi connectivity index (χ3n) is 4.61. The Hall–Kier alpha value is -3.13. The first kappa shape index (κ1) is 18.2. The van der Waals surface area contributed by atoms with E-state index < -0.39 is 0 Å². The molecule has 2 aromatic heterocycles. The molecular weight excluding hydrogens is 374 g/mol. The number of carbonyl (C=O) groups is 1. The van der Waals surface area contributed by atoms with Gasteiger partial charge in [-0.05, 0) is 24.6 Å². The standard InChI is InChI=1S/C20H19N5O2S/c1-13(14-8-4-3-5-9-14)21-17(26)12-28-20-23-22-19-24(2)18(27)15-10-6-7-11-16(15)25(19)20/h3-11,13H,12H2,1-2H3,(H,21,26). The summed E-state index contributed by atoms with van der Waals surface area (Å²) in [6.07, 6.45) is 0. The first-order valence-electron chi connectivity index (χ1n) is 8.86. The van der Waals surface area contributed by atoms with Crippen molar-refractivity contribution < 1.29 is 4.79 Å². The molecule has 0 spiro atoms. The number of nitrogens with zero attached hydrogens (tertiary/aromatic N) is 4. The van der Waals surface area contributed by atoms with Crippen LogP contribution in [0.1, 0.15) is 18.5 Å². The normalized spacial score (nSPS) is 12.4. The molecule has 1 amide bonds. The predicted octanol–water partition coefficient (Wildman–Crippen LogP) is 2.55. The quantitative estimate of drug-likeness (QED) is 0.527. The molecule has 1 N–H and O–H groups in total. The van der Waals surface area contributed by atoms with Crippen molar-refractivity contribution in [1.29, 1.82) is 0 Å². The van der Waals surface area contributed by atoms with Gasteiger partial charge in [0.25, 0.3) is 5.56 Å². The van der Waals surface area contributed by atoms with Gasteiger partial charge >= 0.3 is 0 Å². The Morgan fingerprint density at radius 2 is 1.82 bits per heavy atom. The minimum Gasteiger partial charge on any atom is -0.349 e. The van der Waals surface area contributed by atoms with Crippen LogP contribution in [0.5, 0.6) is 0 Å². The Labute approximate surface area is 165 Å². The molecule has 2 heterocycles. The number of nitrogens with one attached hydrogen (secondary N) is 1. The van der Waals surface area contributed by atoms with Crippen LogP contribution in [0.25, 0.3) is 16.7 Å². The van der Waals surface area contributed by atoms with Gasteiger partial charge in [0.05, 0.1) is 22.7 Å². The highest BCUT2D eigenvalue weighted by Gasteiger charge is 2.16. The van der Waals surface area contributed by atoms with Gasteiger partial charge in [-0.1, -0.05) is 54.2 Å². The second kappa shape index (κ2) is 7.47. The molecule has 0 fully saturated rings. The summed E-state index contributed by atoms with van der Waals surface area (Å²) in [7, 11) is 1.67. The summed E-state index contributed by atoms with van der Waals surface area (Å²) >= 11 is 1.29. The molecule has 28 heavy (non-hydrogen) atoms. The van der Waals surface area contributed by atoms with Crippen LogP contribution < -0.4 is 10.9 Å². The van der Waals surface area contributed by atoms with Gasteiger partial charge in [0.1, 0.15) is 0 Å². The molecular formula is C20H19N5O2S. The zero-order valence-electron chi connectivity index (χ0n) is 15.5. The Morgan fingerprint density at radius 1 is 1.11 bits per heavy atom. The van der Waals surface area contributed by atoms with E-state index in [1.165, 1.54) is 16.3 Å². The third kappa shape index (κ3) is 3.27. The largest absolute Gasteiger partial charge is 0.349 e. The molecule has 2 aromatic carbocycles. The molecule has 1 unspecified atom stereocenters. The highest BCUT2D eigenvalue weighted by Crippen LogP contribution is 2.21. The minimum atomic E-state index is -0.124. The van der Waals surface area contributed by atoms with Crippen LogP contribution >= 0.6 is 11.8 Å². The fourth-order valence-electron chi connectivity index (χ4n) is 3.14. The maximum absolute atomic E-state index is 12.5. The van der Waals surface area contributed by atoms with Crippen molar-refractivity contribution in [2.75, 3.05) is 5.75 Å². The average molecular weight is 393 g/mol. The molecule has 4 rings (SSSR count). The third-order valence-corrected chi connectivity index (χ3v) is 5.53. The molecule has 4 aromatic rings. The lowest BCUT2D eigenvalue weighted by atomic mass is 10.1. The molecule has 0 saturated heterocycles. The number of aromatic nitrogens is 4. The zero-order valence-corrected chi connectivity index (χ0v) is 16.3. The first-order valence-corrected chi connectivity index (χ1v) is 9.85. The summed E-state index contributed by atoms with van der Waals surface area (Å²) in [5.41, 5.74) is 1.66. The van der Waals surface area contributed by atoms with Crippen molar-refractivity contribution >= 4 is 34.3 Å². The van der Waals surface area contributed by atoms with Crippen molar-refractivity contribution in [3.63, 3.8) is 0 Å². The number of aryl methyl sites for hydroxylation is 1. The highest BCUT2D eigenvalue weighted by atomic mass is 32.2. The Balaban J connectivity index is 1.57. The number of carbonyl (C=O) groups excluding carboxylic acids is 1. The number of thioether (sulfide) groups is 1. The highest BCUT2D eigenvalue weighted by molar-refractivity contribution is 7.99. The second-order valence-electron chi connectivity index (χ2n) is 6.49. The molecule has 0 aliphatic rings. The van der Waals surface area contributed by atoms with Gasteiger partial charge in [0.2, 0.25) is 11.7 Å². The van der Waals surface area contributed by atoms with Gasteiger partial charge in [-0.3, -0.25) is 18.6 Å². The maximum atomic E-state index is 12.5. The maximum Gasteiger partial charge on any atom is 0.262 e. The van der Waals surface area contributed by atoms with E-state index in [0.717, 1.165) is 11.1 Å². The Kier molecular flexibility index (Phi) is 4.87. The SMILES string of the molecule is CC(NC(=O)CSc1nnc2n(C)c(=O)c3ccccc3n12)c1ccccc1. The lowest BCUT2D eigenvalue weighted by Gasteiger charge is -2.14. The first-order chi connectivity index (χ1) is 13.6. The summed E-state index contributed by atoms with van der Waals surface area (Å²) in [5.74, 6) is 0.561. The van der Waals surface area contributed by atoms with E-state index in [-0.39, 0.29) is 23.3 Å². The summed E-state index contributed by atoms with van der Waals surface area (Å²) < 4.78 is 3.28. The summed E-state index contributed by atoms with van der Waals surface area (Å²) in [6, 6.07) is 17.1. The van der Waals surface area contributed by atoms with Crippen LogP contribution in [-0.4, -0.2) is 30.8 Å². The van der Waals surface area contributed by atoms with Crippen molar-refractivity contribution in [3.05, 3.63) is 70.5 Å². The van der Waals surface area contributed by atoms with Crippen LogP contribution in [0.4, 0.5) is 0 Å². The fraction of sp³-hybridized carbons (Fsp3) is 0.200. The van der Waals surface area contributed by atoms with Crippen LogP contribution in [0.2, 0.25) is 0 Å². The fourth-order valence-corrected chi connectivity index (χ4v) is 3.89. The number of rotatable bonds is 5. The lowest BCUT2D eigenvalue weighted by molar-refractivity contribution is -0.119. The second-order valence-corrected chi connectivity index (χ2v) is 7.43. The Bertz CT molecular complexity index is 1220. The molecule has 0 aliphatic heterocycles. The molecule has 0 saturated carbocycles. The van der Waals surface area contributed by atoms with E-state index in [1.807, 2.05) is 59.9 Å². The topological polar surface area (TPSA) is 81.3 Å².